The van der Waals surface area contributed by atoms with E-state index in [9.17, 15) is 0 Å². The van der Waals surface area contributed by atoms with Crippen LogP contribution in [0.15, 0.2) is 36.7 Å². The Labute approximate surface area is 110 Å². The third kappa shape index (κ3) is 2.04. The molecule has 0 atom stereocenters. The molecule has 5 heteroatoms. The van der Waals surface area contributed by atoms with E-state index in [1.165, 1.54) is 0 Å². The number of fused-ring (bicyclic) bond motifs is 1. The van der Waals surface area contributed by atoms with E-state index < -0.39 is 0 Å². The Bertz CT molecular complexity index is 699. The number of H-pyrrole nitrogens is 1. The maximum atomic E-state index is 5.59. The van der Waals surface area contributed by atoms with Crippen molar-refractivity contribution >= 4 is 16.9 Å². The zero-order valence-electron chi connectivity index (χ0n) is 10.6. The lowest BCUT2D eigenvalue weighted by atomic mass is 10.1. The number of nitrogens with one attached hydrogen (secondary N) is 2. The van der Waals surface area contributed by atoms with Crippen LogP contribution in [0.25, 0.3) is 22.3 Å². The van der Waals surface area contributed by atoms with Gasteiger partial charge in [0.2, 0.25) is 0 Å². The number of nitrogens with two attached hydrogens (primary N) is 1. The Morgan fingerprint density at radius 1 is 1.32 bits per heavy atom. The Kier molecular flexibility index (Phi) is 2.89. The van der Waals surface area contributed by atoms with E-state index in [-0.39, 0.29) is 0 Å². The van der Waals surface area contributed by atoms with Crippen LogP contribution in [0.4, 0.5) is 5.82 Å². The van der Waals surface area contributed by atoms with E-state index in [0.717, 1.165) is 33.7 Å². The number of aromatic nitrogens is 3. The van der Waals surface area contributed by atoms with Gasteiger partial charge in [-0.2, -0.15) is 0 Å². The molecule has 0 unspecified atom stereocenters. The van der Waals surface area contributed by atoms with Gasteiger partial charge in [0, 0.05) is 36.9 Å². The number of hydrogen-bond donors (Lipinski definition) is 3. The summed E-state index contributed by atoms with van der Waals surface area (Å²) in [6.45, 7) is 0.505. The van der Waals surface area contributed by atoms with Gasteiger partial charge in [-0.1, -0.05) is 6.07 Å². The quantitative estimate of drug-likeness (QED) is 0.668. The van der Waals surface area contributed by atoms with Crippen LogP contribution < -0.4 is 11.1 Å². The lowest BCUT2D eigenvalue weighted by Gasteiger charge is -2.07. The topological polar surface area (TPSA) is 79.6 Å². The highest BCUT2D eigenvalue weighted by Crippen LogP contribution is 2.28. The van der Waals surface area contributed by atoms with E-state index in [0.29, 0.717) is 6.54 Å². The van der Waals surface area contributed by atoms with Crippen LogP contribution in [0.3, 0.4) is 0 Å². The number of pyridine rings is 2. The van der Waals surface area contributed by atoms with E-state index in [2.05, 4.69) is 20.3 Å². The van der Waals surface area contributed by atoms with Crippen LogP contribution in [0, 0.1) is 0 Å². The van der Waals surface area contributed by atoms with Crippen molar-refractivity contribution in [1.82, 2.24) is 15.0 Å². The molecule has 0 aliphatic rings. The molecule has 0 amide bonds. The molecular weight excluding hydrogens is 238 g/mol. The zero-order valence-corrected chi connectivity index (χ0v) is 10.6. The van der Waals surface area contributed by atoms with Gasteiger partial charge in [-0.25, -0.2) is 4.98 Å². The molecule has 3 aromatic heterocycles. The van der Waals surface area contributed by atoms with E-state index >= 15 is 0 Å². The second kappa shape index (κ2) is 4.70. The van der Waals surface area contributed by atoms with E-state index in [1.807, 2.05) is 43.7 Å². The molecule has 3 rings (SSSR count). The van der Waals surface area contributed by atoms with Crippen LogP contribution in [0.2, 0.25) is 0 Å². The minimum atomic E-state index is 0.505. The average molecular weight is 253 g/mol. The van der Waals surface area contributed by atoms with E-state index in [1.54, 1.807) is 0 Å². The Balaban J connectivity index is 2.18. The first kappa shape index (κ1) is 11.7. The molecule has 0 spiro atoms. The maximum absolute atomic E-state index is 5.59. The Morgan fingerprint density at radius 2 is 2.21 bits per heavy atom. The number of hydrogen-bond acceptors (Lipinski definition) is 4. The lowest BCUT2D eigenvalue weighted by molar-refractivity contribution is 1.05. The molecule has 0 aromatic carbocycles. The van der Waals surface area contributed by atoms with Gasteiger partial charge in [0.05, 0.1) is 5.69 Å². The van der Waals surface area contributed by atoms with Gasteiger partial charge in [-0.05, 0) is 23.8 Å². The van der Waals surface area contributed by atoms with Crippen molar-refractivity contribution in [3.8, 4) is 11.3 Å². The van der Waals surface area contributed by atoms with Crippen molar-refractivity contribution in [2.24, 2.45) is 5.73 Å². The summed E-state index contributed by atoms with van der Waals surface area (Å²) in [7, 11) is 1.85. The third-order valence-corrected chi connectivity index (χ3v) is 3.12. The number of aromatic amines is 1. The normalized spacial score (nSPS) is 10.8. The lowest BCUT2D eigenvalue weighted by Crippen LogP contribution is -1.98. The first-order chi connectivity index (χ1) is 9.31. The molecule has 0 bridgehead atoms. The molecule has 0 radical (unpaired) electrons. The molecule has 3 heterocycles. The summed E-state index contributed by atoms with van der Waals surface area (Å²) >= 11 is 0. The van der Waals surface area contributed by atoms with Gasteiger partial charge in [-0.3, -0.25) is 4.98 Å². The van der Waals surface area contributed by atoms with Gasteiger partial charge in [-0.15, -0.1) is 0 Å². The fourth-order valence-corrected chi connectivity index (χ4v) is 2.08. The average Bonchev–Trinajstić information content (AvgIpc) is 2.94. The van der Waals surface area contributed by atoms with E-state index in [4.69, 9.17) is 5.73 Å². The van der Waals surface area contributed by atoms with Crippen molar-refractivity contribution in [2.75, 3.05) is 12.4 Å². The molecule has 3 aromatic rings. The van der Waals surface area contributed by atoms with Crippen molar-refractivity contribution in [1.29, 1.82) is 0 Å². The first-order valence-corrected chi connectivity index (χ1v) is 6.13. The largest absolute Gasteiger partial charge is 0.373 e. The van der Waals surface area contributed by atoms with Crippen molar-refractivity contribution in [3.63, 3.8) is 0 Å². The third-order valence-electron chi connectivity index (χ3n) is 3.12. The summed E-state index contributed by atoms with van der Waals surface area (Å²) in [4.78, 5) is 12.1. The van der Waals surface area contributed by atoms with Crippen LogP contribution in [0.5, 0.6) is 0 Å². The summed E-state index contributed by atoms with van der Waals surface area (Å²) in [5.41, 5.74) is 9.44. The standard InChI is InChI=1S/C14H15N5/c1-16-13-6-11(10-4-5-17-14(10)19-13)12-3-2-9(7-15)8-18-12/h2-6,8H,7,15H2,1H3,(H2,16,17,19). The predicted octanol–water partition coefficient (Wildman–Crippen LogP) is 2.13. The minimum Gasteiger partial charge on any atom is -0.373 e. The number of anilines is 1. The second-order valence-electron chi connectivity index (χ2n) is 4.30. The SMILES string of the molecule is CNc1cc(-c2ccc(CN)cn2)c2cc[nH]c2n1. The molecule has 0 aliphatic heterocycles. The van der Waals surface area contributed by atoms with Crippen molar-refractivity contribution in [3.05, 3.63) is 42.2 Å². The van der Waals surface area contributed by atoms with Crippen molar-refractivity contribution in [2.45, 2.75) is 6.54 Å². The summed E-state index contributed by atoms with van der Waals surface area (Å²) in [5, 5.41) is 4.12. The van der Waals surface area contributed by atoms with Gasteiger partial charge < -0.3 is 16.0 Å². The summed E-state index contributed by atoms with van der Waals surface area (Å²) < 4.78 is 0. The van der Waals surface area contributed by atoms with Gasteiger partial charge in [0.25, 0.3) is 0 Å². The Hall–Kier alpha value is -2.40. The zero-order chi connectivity index (χ0) is 13.2. The summed E-state index contributed by atoms with van der Waals surface area (Å²) in [5.74, 6) is 0.814. The Morgan fingerprint density at radius 3 is 2.89 bits per heavy atom. The number of nitrogens with zero attached hydrogens (tertiary/aromatic N) is 2. The fourth-order valence-electron chi connectivity index (χ4n) is 2.08. The highest BCUT2D eigenvalue weighted by molar-refractivity contribution is 5.93. The van der Waals surface area contributed by atoms with Crippen LogP contribution in [-0.2, 0) is 6.54 Å². The van der Waals surface area contributed by atoms with Gasteiger partial charge >= 0.3 is 0 Å². The second-order valence-corrected chi connectivity index (χ2v) is 4.30. The molecule has 5 nitrogen and oxygen atoms in total. The molecule has 19 heavy (non-hydrogen) atoms. The smallest absolute Gasteiger partial charge is 0.140 e. The predicted molar refractivity (Wildman–Crippen MR) is 76.8 cm³/mol. The molecular formula is C14H15N5. The molecule has 0 saturated heterocycles. The monoisotopic (exact) mass is 253 g/mol. The first-order valence-electron chi connectivity index (χ1n) is 6.13. The molecule has 4 N–H and O–H groups in total. The van der Waals surface area contributed by atoms with Crippen LogP contribution >= 0.6 is 0 Å². The van der Waals surface area contributed by atoms with Crippen molar-refractivity contribution < 1.29 is 0 Å². The summed E-state index contributed by atoms with van der Waals surface area (Å²) in [6, 6.07) is 8.00. The van der Waals surface area contributed by atoms with Crippen LogP contribution in [-0.4, -0.2) is 22.0 Å². The van der Waals surface area contributed by atoms with Crippen LogP contribution in [0.1, 0.15) is 5.56 Å². The fraction of sp³-hybridized carbons (Fsp3) is 0.143. The summed E-state index contributed by atoms with van der Waals surface area (Å²) in [6.07, 6.45) is 3.70. The van der Waals surface area contributed by atoms with Gasteiger partial charge in [0.15, 0.2) is 0 Å². The number of rotatable bonds is 3. The minimum absolute atomic E-state index is 0.505. The molecule has 96 valence electrons. The molecule has 0 aliphatic carbocycles. The maximum Gasteiger partial charge on any atom is 0.140 e. The molecule has 0 fully saturated rings. The highest BCUT2D eigenvalue weighted by atomic mass is 15.0. The highest BCUT2D eigenvalue weighted by Gasteiger charge is 2.09. The van der Waals surface area contributed by atoms with Gasteiger partial charge in [0.1, 0.15) is 11.5 Å². The molecule has 0 saturated carbocycles.